The van der Waals surface area contributed by atoms with Crippen LogP contribution in [0.15, 0.2) is 42.5 Å². The molecule has 0 aromatic heterocycles. The van der Waals surface area contributed by atoms with Crippen LogP contribution in [0.3, 0.4) is 0 Å². The highest BCUT2D eigenvalue weighted by atomic mass is 16.6. The van der Waals surface area contributed by atoms with Gasteiger partial charge in [0.25, 0.3) is 5.69 Å². The van der Waals surface area contributed by atoms with E-state index >= 15 is 0 Å². The Hall–Kier alpha value is -2.93. The normalized spacial score (nSPS) is 14.7. The predicted octanol–water partition coefficient (Wildman–Crippen LogP) is 3.23. The van der Waals surface area contributed by atoms with E-state index in [1.807, 2.05) is 36.1 Å². The van der Waals surface area contributed by atoms with Crippen molar-refractivity contribution in [3.63, 3.8) is 0 Å². The minimum absolute atomic E-state index is 0.0249. The van der Waals surface area contributed by atoms with Crippen LogP contribution in [-0.4, -0.2) is 48.5 Å². The van der Waals surface area contributed by atoms with Crippen molar-refractivity contribution < 1.29 is 9.72 Å². The fourth-order valence-corrected chi connectivity index (χ4v) is 3.62. The number of piperazine rings is 1. The number of amides is 1. The molecule has 0 spiro atoms. The number of carbonyl (C=O) groups excluding carboxylic acids is 1. The summed E-state index contributed by atoms with van der Waals surface area (Å²) in [5, 5.41) is 14.3. The standard InChI is InChI=1S/C21H26N4O3/c1-3-17-8-6-7-16(2)21(17)22-20(26)15-23-11-13-24(14-12-23)18-9-4-5-10-19(18)25(27)28/h4-10H,3,11-15H2,1-2H3,(H,22,26). The Labute approximate surface area is 165 Å². The van der Waals surface area contributed by atoms with Gasteiger partial charge in [0.05, 0.1) is 11.5 Å². The molecule has 7 nitrogen and oxygen atoms in total. The molecule has 0 saturated carbocycles. The fraction of sp³-hybridized carbons (Fsp3) is 0.381. The number of hydrogen-bond acceptors (Lipinski definition) is 5. The minimum Gasteiger partial charge on any atom is -0.363 e. The highest BCUT2D eigenvalue weighted by Gasteiger charge is 2.24. The first-order valence-electron chi connectivity index (χ1n) is 9.58. The smallest absolute Gasteiger partial charge is 0.292 e. The van der Waals surface area contributed by atoms with Crippen molar-refractivity contribution >= 4 is 23.0 Å². The number of aryl methyl sites for hydroxylation is 2. The van der Waals surface area contributed by atoms with Crippen LogP contribution >= 0.6 is 0 Å². The van der Waals surface area contributed by atoms with Crippen molar-refractivity contribution in [2.45, 2.75) is 20.3 Å². The average Bonchev–Trinajstić information content (AvgIpc) is 2.70. The number of hydrogen-bond donors (Lipinski definition) is 1. The second kappa shape index (κ2) is 8.84. The van der Waals surface area contributed by atoms with E-state index in [0.29, 0.717) is 38.4 Å². The zero-order valence-corrected chi connectivity index (χ0v) is 16.4. The van der Waals surface area contributed by atoms with Gasteiger partial charge in [-0.25, -0.2) is 0 Å². The lowest BCUT2D eigenvalue weighted by atomic mass is 10.1. The van der Waals surface area contributed by atoms with Crippen molar-refractivity contribution in [1.82, 2.24) is 4.90 Å². The maximum Gasteiger partial charge on any atom is 0.292 e. The molecule has 1 N–H and O–H groups in total. The lowest BCUT2D eigenvalue weighted by Crippen LogP contribution is -2.48. The van der Waals surface area contributed by atoms with Gasteiger partial charge in [0.2, 0.25) is 5.91 Å². The Balaban J connectivity index is 1.58. The lowest BCUT2D eigenvalue weighted by Gasteiger charge is -2.35. The van der Waals surface area contributed by atoms with E-state index in [-0.39, 0.29) is 16.5 Å². The molecule has 2 aromatic rings. The summed E-state index contributed by atoms with van der Waals surface area (Å²) in [4.78, 5) is 27.5. The number of rotatable bonds is 6. The third-order valence-corrected chi connectivity index (χ3v) is 5.16. The van der Waals surface area contributed by atoms with Gasteiger partial charge in [-0.15, -0.1) is 0 Å². The van der Waals surface area contributed by atoms with Crippen molar-refractivity contribution in [3.8, 4) is 0 Å². The van der Waals surface area contributed by atoms with Gasteiger partial charge in [0.1, 0.15) is 5.69 Å². The number of benzene rings is 2. The average molecular weight is 382 g/mol. The molecule has 3 rings (SSSR count). The summed E-state index contributed by atoms with van der Waals surface area (Å²) in [6, 6.07) is 12.8. The first-order valence-corrected chi connectivity index (χ1v) is 9.58. The van der Waals surface area contributed by atoms with Crippen LogP contribution in [0, 0.1) is 17.0 Å². The largest absolute Gasteiger partial charge is 0.363 e. The first kappa shape index (κ1) is 19.8. The highest BCUT2D eigenvalue weighted by Crippen LogP contribution is 2.28. The molecule has 148 valence electrons. The quantitative estimate of drug-likeness (QED) is 0.613. The van der Waals surface area contributed by atoms with Crippen LogP contribution in [0.25, 0.3) is 0 Å². The van der Waals surface area contributed by atoms with E-state index < -0.39 is 0 Å². The molecule has 1 fully saturated rings. The van der Waals surface area contributed by atoms with E-state index in [0.717, 1.165) is 23.2 Å². The molecule has 0 bridgehead atoms. The molecule has 1 amide bonds. The summed E-state index contributed by atoms with van der Waals surface area (Å²) >= 11 is 0. The van der Waals surface area contributed by atoms with Gasteiger partial charge in [0, 0.05) is 37.9 Å². The maximum absolute atomic E-state index is 12.5. The molecular weight excluding hydrogens is 356 g/mol. The molecule has 0 atom stereocenters. The molecule has 0 aliphatic carbocycles. The molecule has 1 aliphatic heterocycles. The van der Waals surface area contributed by atoms with Crippen molar-refractivity contribution in [2.24, 2.45) is 0 Å². The molecule has 7 heteroatoms. The van der Waals surface area contributed by atoms with Crippen LogP contribution in [-0.2, 0) is 11.2 Å². The zero-order chi connectivity index (χ0) is 20.1. The molecular formula is C21H26N4O3. The summed E-state index contributed by atoms with van der Waals surface area (Å²) in [6.45, 7) is 7.09. The minimum atomic E-state index is -0.345. The molecule has 0 unspecified atom stereocenters. The molecule has 1 heterocycles. The maximum atomic E-state index is 12.5. The summed E-state index contributed by atoms with van der Waals surface area (Å²) in [5.74, 6) is -0.0249. The van der Waals surface area contributed by atoms with Gasteiger partial charge in [-0.1, -0.05) is 37.3 Å². The third-order valence-electron chi connectivity index (χ3n) is 5.16. The number of para-hydroxylation sites is 3. The summed E-state index contributed by atoms with van der Waals surface area (Å²) < 4.78 is 0. The Bertz CT molecular complexity index is 860. The van der Waals surface area contributed by atoms with Gasteiger partial charge in [-0.3, -0.25) is 19.8 Å². The summed E-state index contributed by atoms with van der Waals surface area (Å²) in [6.07, 6.45) is 0.867. The molecule has 1 saturated heterocycles. The number of nitrogens with zero attached hydrogens (tertiary/aromatic N) is 3. The van der Waals surface area contributed by atoms with Gasteiger partial charge < -0.3 is 10.2 Å². The number of anilines is 2. The fourth-order valence-electron chi connectivity index (χ4n) is 3.62. The number of nitrogens with one attached hydrogen (secondary N) is 1. The number of carbonyl (C=O) groups is 1. The van der Waals surface area contributed by atoms with E-state index in [1.165, 1.54) is 6.07 Å². The topological polar surface area (TPSA) is 78.7 Å². The Morgan fingerprint density at radius 3 is 2.50 bits per heavy atom. The van der Waals surface area contributed by atoms with Gasteiger partial charge >= 0.3 is 0 Å². The van der Waals surface area contributed by atoms with Crippen LogP contribution in [0.4, 0.5) is 17.1 Å². The summed E-state index contributed by atoms with van der Waals surface area (Å²) in [5.41, 5.74) is 3.88. The number of nitro benzene ring substituents is 1. The highest BCUT2D eigenvalue weighted by molar-refractivity contribution is 5.93. The predicted molar refractivity (Wildman–Crippen MR) is 111 cm³/mol. The molecule has 0 radical (unpaired) electrons. The second-order valence-electron chi connectivity index (χ2n) is 7.02. The van der Waals surface area contributed by atoms with Crippen LogP contribution in [0.2, 0.25) is 0 Å². The monoisotopic (exact) mass is 382 g/mol. The third kappa shape index (κ3) is 4.48. The van der Waals surface area contributed by atoms with Crippen LogP contribution < -0.4 is 10.2 Å². The molecule has 28 heavy (non-hydrogen) atoms. The lowest BCUT2D eigenvalue weighted by molar-refractivity contribution is -0.384. The van der Waals surface area contributed by atoms with Crippen molar-refractivity contribution in [1.29, 1.82) is 0 Å². The van der Waals surface area contributed by atoms with Gasteiger partial charge in [0.15, 0.2) is 0 Å². The Kier molecular flexibility index (Phi) is 6.26. The van der Waals surface area contributed by atoms with Gasteiger partial charge in [-0.05, 0) is 30.5 Å². The van der Waals surface area contributed by atoms with Gasteiger partial charge in [-0.2, -0.15) is 0 Å². The second-order valence-corrected chi connectivity index (χ2v) is 7.02. The Morgan fingerprint density at radius 2 is 1.82 bits per heavy atom. The number of nitro groups is 1. The van der Waals surface area contributed by atoms with E-state index in [9.17, 15) is 14.9 Å². The van der Waals surface area contributed by atoms with E-state index in [2.05, 4.69) is 17.1 Å². The SMILES string of the molecule is CCc1cccc(C)c1NC(=O)CN1CCN(c2ccccc2[N+](=O)[O-])CC1. The van der Waals surface area contributed by atoms with Crippen molar-refractivity contribution in [3.05, 3.63) is 63.7 Å². The van der Waals surface area contributed by atoms with Crippen LogP contribution in [0.5, 0.6) is 0 Å². The van der Waals surface area contributed by atoms with Crippen molar-refractivity contribution in [2.75, 3.05) is 42.9 Å². The zero-order valence-electron chi connectivity index (χ0n) is 16.4. The summed E-state index contributed by atoms with van der Waals surface area (Å²) in [7, 11) is 0. The molecule has 1 aliphatic rings. The van der Waals surface area contributed by atoms with Crippen LogP contribution in [0.1, 0.15) is 18.1 Å². The molecule has 2 aromatic carbocycles. The Morgan fingerprint density at radius 1 is 1.11 bits per heavy atom. The van der Waals surface area contributed by atoms with E-state index in [1.54, 1.807) is 12.1 Å². The van der Waals surface area contributed by atoms with E-state index in [4.69, 9.17) is 0 Å². The first-order chi connectivity index (χ1) is 13.5.